The molecule has 7 nitrogen and oxygen atoms in total. The van der Waals surface area contributed by atoms with Crippen molar-refractivity contribution in [3.8, 4) is 0 Å². The van der Waals surface area contributed by atoms with Gasteiger partial charge in [0.1, 0.15) is 5.82 Å². The summed E-state index contributed by atoms with van der Waals surface area (Å²) >= 11 is 4.70. The third kappa shape index (κ3) is 5.27. The number of amides is 1. The molecular weight excluding hydrogens is 454 g/mol. The van der Waals surface area contributed by atoms with Gasteiger partial charge in [-0.3, -0.25) is 18.8 Å². The summed E-state index contributed by atoms with van der Waals surface area (Å²) in [7, 11) is 1.78. The number of carbonyl (C=O) groups is 1. The second-order valence-corrected chi connectivity index (χ2v) is 8.71. The Hall–Kier alpha value is -2.13. The number of fused-ring (bicyclic) bond motifs is 1. The number of hydrogen-bond acceptors (Lipinski definition) is 5. The van der Waals surface area contributed by atoms with Crippen molar-refractivity contribution in [3.63, 3.8) is 0 Å². The van der Waals surface area contributed by atoms with Crippen LogP contribution in [0.5, 0.6) is 0 Å². The first kappa shape index (κ1) is 21.6. The summed E-state index contributed by atoms with van der Waals surface area (Å²) in [5, 5.41) is 8.22. The van der Waals surface area contributed by atoms with E-state index in [-0.39, 0.29) is 17.2 Å². The number of nitrogens with zero attached hydrogens (tertiary/aromatic N) is 4. The molecule has 0 saturated heterocycles. The Bertz CT molecular complexity index is 1090. The molecule has 0 saturated carbocycles. The molecule has 1 N–H and O–H groups in total. The number of aromatic nitrogens is 4. The number of carbonyl (C=O) groups excluding carboxylic acids is 1. The van der Waals surface area contributed by atoms with Gasteiger partial charge in [-0.25, -0.2) is 4.98 Å². The van der Waals surface area contributed by atoms with Gasteiger partial charge in [-0.05, 0) is 31.5 Å². The molecule has 0 aliphatic rings. The van der Waals surface area contributed by atoms with Crippen molar-refractivity contribution in [1.82, 2.24) is 19.3 Å². The Morgan fingerprint density at radius 3 is 2.76 bits per heavy atom. The van der Waals surface area contributed by atoms with E-state index in [1.807, 2.05) is 25.1 Å². The van der Waals surface area contributed by atoms with Gasteiger partial charge in [-0.15, -0.1) is 0 Å². The first-order valence-electron chi connectivity index (χ1n) is 9.52. The average Bonchev–Trinajstić information content (AvgIpc) is 2.99. The van der Waals surface area contributed by atoms with E-state index < -0.39 is 0 Å². The molecule has 9 heteroatoms. The molecule has 1 amide bonds. The van der Waals surface area contributed by atoms with E-state index in [2.05, 4.69) is 38.3 Å². The van der Waals surface area contributed by atoms with Crippen molar-refractivity contribution in [1.29, 1.82) is 0 Å². The number of aryl methyl sites for hydroxylation is 2. The van der Waals surface area contributed by atoms with Crippen LogP contribution in [0.15, 0.2) is 38.7 Å². The molecule has 2 heterocycles. The smallest absolute Gasteiger partial charge is 0.262 e. The standard InChI is InChI=1S/C20H24BrN5O2S/c1-4-5-6-9-26-19(28)15-11-14(21)7-8-16(15)22-20(26)29-12-18(27)23-17-10-13(2)24-25(17)3/h7-8,10-11H,4-6,9,12H2,1-3H3,(H,23,27). The number of rotatable bonds is 8. The maximum Gasteiger partial charge on any atom is 0.262 e. The Morgan fingerprint density at radius 2 is 2.07 bits per heavy atom. The zero-order valence-corrected chi connectivity index (χ0v) is 19.1. The Balaban J connectivity index is 1.83. The lowest BCUT2D eigenvalue weighted by atomic mass is 10.2. The quantitative estimate of drug-likeness (QED) is 0.299. The second kappa shape index (κ2) is 9.58. The molecule has 0 atom stereocenters. The van der Waals surface area contributed by atoms with E-state index in [1.165, 1.54) is 11.8 Å². The number of unbranched alkanes of at least 4 members (excludes halogenated alkanes) is 2. The Morgan fingerprint density at radius 1 is 1.28 bits per heavy atom. The molecule has 1 aromatic carbocycles. The van der Waals surface area contributed by atoms with Crippen LogP contribution < -0.4 is 10.9 Å². The van der Waals surface area contributed by atoms with Crippen molar-refractivity contribution in [2.45, 2.75) is 44.8 Å². The van der Waals surface area contributed by atoms with E-state index >= 15 is 0 Å². The van der Waals surface area contributed by atoms with Gasteiger partial charge in [0.15, 0.2) is 5.16 Å². The molecule has 3 rings (SSSR count). The van der Waals surface area contributed by atoms with E-state index in [4.69, 9.17) is 0 Å². The van der Waals surface area contributed by atoms with Crippen LogP contribution >= 0.6 is 27.7 Å². The average molecular weight is 478 g/mol. The zero-order chi connectivity index (χ0) is 21.0. The third-order valence-corrected chi connectivity index (χ3v) is 5.94. The van der Waals surface area contributed by atoms with E-state index in [1.54, 1.807) is 22.4 Å². The lowest BCUT2D eigenvalue weighted by molar-refractivity contribution is -0.113. The van der Waals surface area contributed by atoms with E-state index in [0.717, 1.165) is 29.4 Å². The molecule has 0 aliphatic heterocycles. The molecule has 3 aromatic rings. The predicted octanol–water partition coefficient (Wildman–Crippen LogP) is 4.12. The van der Waals surface area contributed by atoms with Crippen molar-refractivity contribution in [2.24, 2.45) is 7.05 Å². The molecule has 0 bridgehead atoms. The maximum absolute atomic E-state index is 13.1. The van der Waals surface area contributed by atoms with Crippen molar-refractivity contribution < 1.29 is 4.79 Å². The van der Waals surface area contributed by atoms with Crippen LogP contribution in [0.2, 0.25) is 0 Å². The van der Waals surface area contributed by atoms with Crippen molar-refractivity contribution in [3.05, 3.63) is 44.8 Å². The van der Waals surface area contributed by atoms with Gasteiger partial charge >= 0.3 is 0 Å². The summed E-state index contributed by atoms with van der Waals surface area (Å²) in [6.45, 7) is 4.59. The first-order chi connectivity index (χ1) is 13.9. The fourth-order valence-corrected chi connectivity index (χ4v) is 4.22. The Kier molecular flexibility index (Phi) is 7.13. The lowest BCUT2D eigenvalue weighted by Gasteiger charge is -2.13. The summed E-state index contributed by atoms with van der Waals surface area (Å²) in [6, 6.07) is 7.30. The number of benzene rings is 1. The van der Waals surface area contributed by atoms with Crippen LogP contribution in [0.25, 0.3) is 10.9 Å². The minimum Gasteiger partial charge on any atom is -0.310 e. The highest BCUT2D eigenvalue weighted by atomic mass is 79.9. The van der Waals surface area contributed by atoms with Gasteiger partial charge in [0.05, 0.1) is 22.3 Å². The van der Waals surface area contributed by atoms with E-state index in [0.29, 0.717) is 28.4 Å². The molecule has 0 spiro atoms. The number of halogens is 1. The Labute approximate surface area is 182 Å². The summed E-state index contributed by atoms with van der Waals surface area (Å²) < 4.78 is 4.16. The molecule has 0 aliphatic carbocycles. The largest absolute Gasteiger partial charge is 0.310 e. The van der Waals surface area contributed by atoms with Crippen LogP contribution in [0.3, 0.4) is 0 Å². The monoisotopic (exact) mass is 477 g/mol. The van der Waals surface area contributed by atoms with Crippen LogP contribution in [-0.2, 0) is 18.4 Å². The minimum atomic E-state index is -0.164. The first-order valence-corrected chi connectivity index (χ1v) is 11.3. The van der Waals surface area contributed by atoms with Gasteiger partial charge in [0, 0.05) is 24.1 Å². The third-order valence-electron chi connectivity index (χ3n) is 4.47. The summed E-state index contributed by atoms with van der Waals surface area (Å²) in [4.78, 5) is 30.1. The molecule has 0 fully saturated rings. The molecule has 154 valence electrons. The number of hydrogen-bond donors (Lipinski definition) is 1. The van der Waals surface area contributed by atoms with Gasteiger partial charge in [0.2, 0.25) is 5.91 Å². The van der Waals surface area contributed by atoms with Crippen molar-refractivity contribution >= 4 is 50.3 Å². The summed E-state index contributed by atoms with van der Waals surface area (Å²) in [5.74, 6) is 0.639. The molecule has 29 heavy (non-hydrogen) atoms. The molecule has 0 unspecified atom stereocenters. The summed E-state index contributed by atoms with van der Waals surface area (Å²) in [5.41, 5.74) is 1.40. The minimum absolute atomic E-state index is 0.0717. The number of thioether (sulfide) groups is 1. The molecule has 2 aromatic heterocycles. The predicted molar refractivity (Wildman–Crippen MR) is 121 cm³/mol. The van der Waals surface area contributed by atoms with Crippen LogP contribution in [0.4, 0.5) is 5.82 Å². The normalized spacial score (nSPS) is 11.2. The molecule has 0 radical (unpaired) electrons. The second-order valence-electron chi connectivity index (χ2n) is 6.85. The number of anilines is 1. The highest BCUT2D eigenvalue weighted by molar-refractivity contribution is 9.10. The molecular formula is C20H24BrN5O2S. The van der Waals surface area contributed by atoms with Crippen molar-refractivity contribution in [2.75, 3.05) is 11.1 Å². The van der Waals surface area contributed by atoms with Crippen LogP contribution in [0.1, 0.15) is 31.9 Å². The highest BCUT2D eigenvalue weighted by Crippen LogP contribution is 2.21. The van der Waals surface area contributed by atoms with E-state index in [9.17, 15) is 9.59 Å². The maximum atomic E-state index is 13.1. The van der Waals surface area contributed by atoms with Gasteiger partial charge in [-0.2, -0.15) is 5.10 Å². The SMILES string of the molecule is CCCCCn1c(SCC(=O)Nc2cc(C)nn2C)nc2ccc(Br)cc2c1=O. The number of nitrogens with one attached hydrogen (secondary N) is 1. The topological polar surface area (TPSA) is 81.8 Å². The fourth-order valence-electron chi connectivity index (χ4n) is 3.04. The van der Waals surface area contributed by atoms with Gasteiger partial charge in [0.25, 0.3) is 5.56 Å². The van der Waals surface area contributed by atoms with Crippen LogP contribution in [-0.4, -0.2) is 31.0 Å². The fraction of sp³-hybridized carbons (Fsp3) is 0.400. The highest BCUT2D eigenvalue weighted by Gasteiger charge is 2.14. The lowest BCUT2D eigenvalue weighted by Crippen LogP contribution is -2.24. The van der Waals surface area contributed by atoms with Crippen LogP contribution in [0, 0.1) is 6.92 Å². The van der Waals surface area contributed by atoms with Gasteiger partial charge in [-0.1, -0.05) is 47.5 Å². The van der Waals surface area contributed by atoms with Gasteiger partial charge < -0.3 is 5.32 Å². The summed E-state index contributed by atoms with van der Waals surface area (Å²) in [6.07, 6.45) is 3.00. The zero-order valence-electron chi connectivity index (χ0n) is 16.7.